The number of rotatable bonds is 9. The molecule has 6 nitrogen and oxygen atoms in total. The van der Waals surface area contributed by atoms with Crippen LogP contribution in [0.1, 0.15) is 6.92 Å². The van der Waals surface area contributed by atoms with Gasteiger partial charge in [-0.3, -0.25) is 4.31 Å². The van der Waals surface area contributed by atoms with E-state index in [9.17, 15) is 8.42 Å². The molecule has 0 unspecified atom stereocenters. The van der Waals surface area contributed by atoms with Gasteiger partial charge in [-0.15, -0.1) is 0 Å². The second kappa shape index (κ2) is 9.43. The molecule has 1 heterocycles. The van der Waals surface area contributed by atoms with Gasteiger partial charge in [0.25, 0.3) is 10.0 Å². The van der Waals surface area contributed by atoms with Crippen molar-refractivity contribution in [2.24, 2.45) is 0 Å². The third kappa shape index (κ3) is 5.06. The standard InChI is InChI=1S/C22H25N3O3S/c1-3-25(19-10-6-4-7-11-19)29(26,27)21-14-15-22(23-18-21)24(2)16-17-28-20-12-8-5-9-13-20/h4-15,18H,3,16-17H2,1-2H3. The lowest BCUT2D eigenvalue weighted by Gasteiger charge is -2.23. The van der Waals surface area contributed by atoms with Gasteiger partial charge < -0.3 is 9.64 Å². The molecule has 0 aliphatic carbocycles. The lowest BCUT2D eigenvalue weighted by molar-refractivity contribution is 0.325. The predicted molar refractivity (Wildman–Crippen MR) is 116 cm³/mol. The maximum atomic E-state index is 13.0. The summed E-state index contributed by atoms with van der Waals surface area (Å²) >= 11 is 0. The van der Waals surface area contributed by atoms with Crippen LogP contribution in [0.3, 0.4) is 0 Å². The molecule has 152 valence electrons. The SMILES string of the molecule is CCN(c1ccccc1)S(=O)(=O)c1ccc(N(C)CCOc2ccccc2)nc1. The molecule has 7 heteroatoms. The largest absolute Gasteiger partial charge is 0.492 e. The van der Waals surface area contributed by atoms with Crippen molar-refractivity contribution in [2.75, 3.05) is 35.9 Å². The zero-order valence-corrected chi connectivity index (χ0v) is 17.4. The minimum Gasteiger partial charge on any atom is -0.492 e. The molecule has 0 N–H and O–H groups in total. The summed E-state index contributed by atoms with van der Waals surface area (Å²) in [4.78, 5) is 6.44. The van der Waals surface area contributed by atoms with Crippen LogP contribution >= 0.6 is 0 Å². The van der Waals surface area contributed by atoms with E-state index in [4.69, 9.17) is 4.74 Å². The van der Waals surface area contributed by atoms with Crippen LogP contribution in [0.25, 0.3) is 0 Å². The Morgan fingerprint density at radius 3 is 2.17 bits per heavy atom. The molecule has 0 spiro atoms. The van der Waals surface area contributed by atoms with Crippen molar-refractivity contribution in [1.29, 1.82) is 0 Å². The third-order valence-corrected chi connectivity index (χ3v) is 6.36. The van der Waals surface area contributed by atoms with Crippen LogP contribution in [0.2, 0.25) is 0 Å². The minimum atomic E-state index is -3.67. The fourth-order valence-electron chi connectivity index (χ4n) is 2.90. The third-order valence-electron chi connectivity index (χ3n) is 4.47. The van der Waals surface area contributed by atoms with E-state index in [-0.39, 0.29) is 4.90 Å². The van der Waals surface area contributed by atoms with Crippen molar-refractivity contribution in [3.8, 4) is 5.75 Å². The lowest BCUT2D eigenvalue weighted by atomic mass is 10.3. The Bertz CT molecular complexity index is 994. The molecule has 0 saturated carbocycles. The Hall–Kier alpha value is -3.06. The molecule has 0 amide bonds. The van der Waals surface area contributed by atoms with Gasteiger partial charge in [-0.05, 0) is 43.3 Å². The monoisotopic (exact) mass is 411 g/mol. The number of nitrogens with zero attached hydrogens (tertiary/aromatic N) is 3. The highest BCUT2D eigenvalue weighted by molar-refractivity contribution is 7.92. The van der Waals surface area contributed by atoms with Crippen LogP contribution < -0.4 is 13.9 Å². The van der Waals surface area contributed by atoms with Crippen molar-refractivity contribution in [2.45, 2.75) is 11.8 Å². The van der Waals surface area contributed by atoms with Crippen LogP contribution in [-0.4, -0.2) is 40.1 Å². The van der Waals surface area contributed by atoms with Gasteiger partial charge in [0.1, 0.15) is 23.1 Å². The minimum absolute atomic E-state index is 0.167. The van der Waals surface area contributed by atoms with Crippen LogP contribution in [0.15, 0.2) is 83.9 Å². The fourth-order valence-corrected chi connectivity index (χ4v) is 4.31. The molecule has 1 aromatic heterocycles. The lowest BCUT2D eigenvalue weighted by Crippen LogP contribution is -2.31. The van der Waals surface area contributed by atoms with E-state index in [0.717, 1.165) is 5.75 Å². The summed E-state index contributed by atoms with van der Waals surface area (Å²) in [6, 6.07) is 22.0. The zero-order chi connectivity index (χ0) is 20.7. The van der Waals surface area contributed by atoms with E-state index < -0.39 is 10.0 Å². The molecule has 0 atom stereocenters. The number of aromatic nitrogens is 1. The van der Waals surface area contributed by atoms with Crippen molar-refractivity contribution in [1.82, 2.24) is 4.98 Å². The van der Waals surface area contributed by atoms with Crippen LogP contribution in [0, 0.1) is 0 Å². The Labute approximate surface area is 172 Å². The van der Waals surface area contributed by atoms with E-state index in [1.807, 2.05) is 67.4 Å². The van der Waals surface area contributed by atoms with Crippen LogP contribution in [-0.2, 0) is 10.0 Å². The Morgan fingerprint density at radius 1 is 0.931 bits per heavy atom. The molecular formula is C22H25N3O3S. The van der Waals surface area contributed by atoms with Crippen molar-refractivity contribution in [3.05, 3.63) is 79.0 Å². The van der Waals surface area contributed by atoms with Gasteiger partial charge in [-0.1, -0.05) is 36.4 Å². The van der Waals surface area contributed by atoms with Crippen molar-refractivity contribution >= 4 is 21.5 Å². The van der Waals surface area contributed by atoms with Gasteiger partial charge in [0, 0.05) is 19.8 Å². The number of likely N-dealkylation sites (N-methyl/N-ethyl adjacent to an activating group) is 1. The fraction of sp³-hybridized carbons (Fsp3) is 0.227. The highest BCUT2D eigenvalue weighted by Crippen LogP contribution is 2.23. The van der Waals surface area contributed by atoms with Gasteiger partial charge in [0.05, 0.1) is 12.2 Å². The first kappa shape index (κ1) is 20.7. The summed E-state index contributed by atoms with van der Waals surface area (Å²) in [7, 11) is -1.78. The van der Waals surface area contributed by atoms with Gasteiger partial charge in [0.2, 0.25) is 0 Å². The molecule has 0 fully saturated rings. The first-order valence-corrected chi connectivity index (χ1v) is 10.9. The summed E-state index contributed by atoms with van der Waals surface area (Å²) in [6.07, 6.45) is 1.41. The quantitative estimate of drug-likeness (QED) is 0.536. The number of para-hydroxylation sites is 2. The second-order valence-corrected chi connectivity index (χ2v) is 8.30. The number of hydrogen-bond acceptors (Lipinski definition) is 5. The molecule has 3 aromatic rings. The smallest absolute Gasteiger partial charge is 0.265 e. The van der Waals surface area contributed by atoms with Gasteiger partial charge in [-0.25, -0.2) is 13.4 Å². The molecule has 3 rings (SSSR count). The van der Waals surface area contributed by atoms with Crippen molar-refractivity contribution < 1.29 is 13.2 Å². The van der Waals surface area contributed by atoms with Gasteiger partial charge in [-0.2, -0.15) is 0 Å². The Kier molecular flexibility index (Phi) is 6.72. The van der Waals surface area contributed by atoms with E-state index in [1.54, 1.807) is 24.3 Å². The number of ether oxygens (including phenoxy) is 1. The molecule has 0 radical (unpaired) electrons. The molecule has 0 bridgehead atoms. The normalized spacial score (nSPS) is 11.1. The van der Waals surface area contributed by atoms with E-state index in [0.29, 0.717) is 31.2 Å². The van der Waals surface area contributed by atoms with Gasteiger partial charge in [0.15, 0.2) is 0 Å². The summed E-state index contributed by atoms with van der Waals surface area (Å²) in [5.41, 5.74) is 0.634. The first-order chi connectivity index (χ1) is 14.0. The second-order valence-electron chi connectivity index (χ2n) is 6.44. The maximum Gasteiger partial charge on any atom is 0.265 e. The predicted octanol–water partition coefficient (Wildman–Crippen LogP) is 3.81. The van der Waals surface area contributed by atoms with E-state index in [2.05, 4.69) is 4.98 Å². The van der Waals surface area contributed by atoms with E-state index in [1.165, 1.54) is 10.5 Å². The molecule has 0 aliphatic rings. The number of hydrogen-bond donors (Lipinski definition) is 0. The molecule has 2 aromatic carbocycles. The Balaban J connectivity index is 1.67. The first-order valence-electron chi connectivity index (χ1n) is 9.45. The zero-order valence-electron chi connectivity index (χ0n) is 16.6. The summed E-state index contributed by atoms with van der Waals surface area (Å²) < 4.78 is 33.1. The summed E-state index contributed by atoms with van der Waals surface area (Å²) in [5, 5.41) is 0. The summed E-state index contributed by atoms with van der Waals surface area (Å²) in [5.74, 6) is 1.50. The van der Waals surface area contributed by atoms with Crippen LogP contribution in [0.5, 0.6) is 5.75 Å². The number of anilines is 2. The topological polar surface area (TPSA) is 62.7 Å². The highest BCUT2D eigenvalue weighted by atomic mass is 32.2. The van der Waals surface area contributed by atoms with Crippen LogP contribution in [0.4, 0.5) is 11.5 Å². The highest BCUT2D eigenvalue weighted by Gasteiger charge is 2.24. The van der Waals surface area contributed by atoms with Crippen molar-refractivity contribution in [3.63, 3.8) is 0 Å². The molecule has 0 saturated heterocycles. The average molecular weight is 412 g/mol. The maximum absolute atomic E-state index is 13.0. The Morgan fingerprint density at radius 2 is 1.59 bits per heavy atom. The molecule has 0 aliphatic heterocycles. The number of pyridine rings is 1. The number of benzene rings is 2. The average Bonchev–Trinajstić information content (AvgIpc) is 2.75. The van der Waals surface area contributed by atoms with Gasteiger partial charge >= 0.3 is 0 Å². The molecule has 29 heavy (non-hydrogen) atoms. The molecular weight excluding hydrogens is 386 g/mol. The number of sulfonamides is 1. The van der Waals surface area contributed by atoms with E-state index >= 15 is 0 Å². The summed E-state index contributed by atoms with van der Waals surface area (Å²) in [6.45, 7) is 3.27.